The van der Waals surface area contributed by atoms with Gasteiger partial charge in [-0.3, -0.25) is 9.97 Å². The number of alkyl halides is 1. The number of halogens is 1. The largest absolute Gasteiger partial charge is 0.335 e. The van der Waals surface area contributed by atoms with Gasteiger partial charge < -0.3 is 4.52 Å². The van der Waals surface area contributed by atoms with Gasteiger partial charge in [0.05, 0.1) is 16.6 Å². The third-order valence-corrected chi connectivity index (χ3v) is 4.88. The van der Waals surface area contributed by atoms with Gasteiger partial charge in [-0.1, -0.05) is 23.4 Å². The molecule has 28 heavy (non-hydrogen) atoms. The topological polar surface area (TPSA) is 64.7 Å². The second-order valence-electron chi connectivity index (χ2n) is 6.74. The van der Waals surface area contributed by atoms with Crippen molar-refractivity contribution in [2.24, 2.45) is 0 Å². The SMILES string of the molecule is CC(F)(c1ccc2ncccc2c1)c1noc2ncc(-c3ccccn3)cc12. The molecule has 0 saturated carbocycles. The highest BCUT2D eigenvalue weighted by molar-refractivity contribution is 5.83. The molecule has 0 spiro atoms. The van der Waals surface area contributed by atoms with Crippen LogP contribution >= 0.6 is 0 Å². The van der Waals surface area contributed by atoms with Crippen molar-refractivity contribution in [2.45, 2.75) is 12.6 Å². The Morgan fingerprint density at radius 3 is 2.68 bits per heavy atom. The molecule has 4 aromatic heterocycles. The van der Waals surface area contributed by atoms with E-state index in [0.717, 1.165) is 22.2 Å². The van der Waals surface area contributed by atoms with Crippen LogP contribution in [0.3, 0.4) is 0 Å². The molecule has 0 aliphatic rings. The monoisotopic (exact) mass is 370 g/mol. The first-order valence-corrected chi connectivity index (χ1v) is 8.84. The van der Waals surface area contributed by atoms with Crippen LogP contribution in [0.2, 0.25) is 0 Å². The predicted molar refractivity (Wildman–Crippen MR) is 104 cm³/mol. The maximum absolute atomic E-state index is 16.0. The molecule has 1 atom stereocenters. The Morgan fingerprint density at radius 2 is 1.82 bits per heavy atom. The molecular formula is C22H15FN4O. The minimum atomic E-state index is -1.86. The summed E-state index contributed by atoms with van der Waals surface area (Å²) in [6, 6.07) is 16.5. The molecule has 0 fully saturated rings. The lowest BCUT2D eigenvalue weighted by Gasteiger charge is -2.19. The first-order valence-electron chi connectivity index (χ1n) is 8.84. The fourth-order valence-electron chi connectivity index (χ4n) is 3.35. The van der Waals surface area contributed by atoms with Crippen molar-refractivity contribution in [3.63, 3.8) is 0 Å². The molecule has 0 radical (unpaired) electrons. The normalized spacial score (nSPS) is 13.6. The van der Waals surface area contributed by atoms with Crippen molar-refractivity contribution in [3.8, 4) is 11.3 Å². The van der Waals surface area contributed by atoms with Crippen LogP contribution in [0.15, 0.2) is 77.7 Å². The summed E-state index contributed by atoms with van der Waals surface area (Å²) in [4.78, 5) is 12.9. The number of aromatic nitrogens is 4. The number of hydrogen-bond donors (Lipinski definition) is 0. The van der Waals surface area contributed by atoms with E-state index in [0.29, 0.717) is 16.7 Å². The highest BCUT2D eigenvalue weighted by Gasteiger charge is 2.34. The molecule has 0 saturated heterocycles. The van der Waals surface area contributed by atoms with Crippen LogP contribution < -0.4 is 0 Å². The van der Waals surface area contributed by atoms with E-state index in [1.807, 2.05) is 42.5 Å². The number of pyridine rings is 3. The number of nitrogens with zero attached hydrogens (tertiary/aromatic N) is 4. The minimum absolute atomic E-state index is 0.191. The van der Waals surface area contributed by atoms with Gasteiger partial charge in [-0.15, -0.1) is 0 Å². The minimum Gasteiger partial charge on any atom is -0.335 e. The van der Waals surface area contributed by atoms with Crippen LogP contribution in [0.5, 0.6) is 0 Å². The van der Waals surface area contributed by atoms with E-state index >= 15 is 4.39 Å². The van der Waals surface area contributed by atoms with Gasteiger partial charge >= 0.3 is 0 Å². The van der Waals surface area contributed by atoms with Crippen molar-refractivity contribution >= 4 is 22.0 Å². The fraction of sp³-hybridized carbons (Fsp3) is 0.0909. The molecule has 4 heterocycles. The molecule has 0 amide bonds. The van der Waals surface area contributed by atoms with E-state index in [-0.39, 0.29) is 5.69 Å². The van der Waals surface area contributed by atoms with E-state index in [1.54, 1.807) is 30.7 Å². The van der Waals surface area contributed by atoms with E-state index in [2.05, 4.69) is 20.1 Å². The van der Waals surface area contributed by atoms with Gasteiger partial charge in [-0.25, -0.2) is 9.37 Å². The lowest BCUT2D eigenvalue weighted by molar-refractivity contribution is 0.235. The summed E-state index contributed by atoms with van der Waals surface area (Å²) in [5.74, 6) is 0. The van der Waals surface area contributed by atoms with Crippen molar-refractivity contribution in [2.75, 3.05) is 0 Å². The van der Waals surface area contributed by atoms with Crippen LogP contribution in [0.4, 0.5) is 4.39 Å². The van der Waals surface area contributed by atoms with Gasteiger partial charge in [0.1, 0.15) is 5.69 Å². The second-order valence-corrected chi connectivity index (χ2v) is 6.74. The molecule has 0 N–H and O–H groups in total. The standard InChI is InChI=1S/C22H15FN4O/c1-22(23,16-7-8-19-14(11-16)5-4-10-25-19)20-17-12-15(13-26-21(17)28-27-20)18-6-2-3-9-24-18/h2-13H,1H3. The van der Waals surface area contributed by atoms with Gasteiger partial charge in [0.15, 0.2) is 5.67 Å². The van der Waals surface area contributed by atoms with Gasteiger partial charge in [0.2, 0.25) is 0 Å². The molecule has 136 valence electrons. The summed E-state index contributed by atoms with van der Waals surface area (Å²) in [6.07, 6.45) is 5.07. The smallest absolute Gasteiger partial charge is 0.258 e. The highest BCUT2D eigenvalue weighted by Crippen LogP contribution is 2.38. The van der Waals surface area contributed by atoms with Gasteiger partial charge in [-0.2, -0.15) is 0 Å². The average molecular weight is 370 g/mol. The quantitative estimate of drug-likeness (QED) is 0.444. The Labute approximate surface area is 159 Å². The average Bonchev–Trinajstić information content (AvgIpc) is 3.18. The number of hydrogen-bond acceptors (Lipinski definition) is 5. The Hall–Kier alpha value is -3.67. The first-order chi connectivity index (χ1) is 13.6. The maximum Gasteiger partial charge on any atom is 0.258 e. The van der Waals surface area contributed by atoms with Crippen molar-refractivity contribution in [1.82, 2.24) is 20.1 Å². The molecular weight excluding hydrogens is 355 g/mol. The summed E-state index contributed by atoms with van der Waals surface area (Å²) >= 11 is 0. The highest BCUT2D eigenvalue weighted by atomic mass is 19.1. The zero-order valence-corrected chi connectivity index (χ0v) is 15.0. The van der Waals surface area contributed by atoms with Crippen molar-refractivity contribution in [3.05, 3.63) is 84.4 Å². The Bertz CT molecular complexity index is 1300. The molecule has 6 heteroatoms. The van der Waals surface area contributed by atoms with Crippen LogP contribution in [-0.2, 0) is 5.67 Å². The molecule has 1 aromatic carbocycles. The van der Waals surface area contributed by atoms with Crippen LogP contribution in [0, 0.1) is 0 Å². The molecule has 0 aliphatic heterocycles. The Kier molecular flexibility index (Phi) is 3.65. The van der Waals surface area contributed by atoms with Crippen LogP contribution in [0.1, 0.15) is 18.2 Å². The molecule has 5 nitrogen and oxygen atoms in total. The second kappa shape index (κ2) is 6.20. The third-order valence-electron chi connectivity index (χ3n) is 4.88. The van der Waals surface area contributed by atoms with E-state index in [1.165, 1.54) is 6.92 Å². The first kappa shape index (κ1) is 16.5. The lowest BCUT2D eigenvalue weighted by Crippen LogP contribution is -2.18. The van der Waals surface area contributed by atoms with Gasteiger partial charge in [0.25, 0.3) is 5.71 Å². The number of fused-ring (bicyclic) bond motifs is 2. The lowest BCUT2D eigenvalue weighted by atomic mass is 9.91. The summed E-state index contributed by atoms with van der Waals surface area (Å²) in [6.45, 7) is 1.48. The zero-order chi connectivity index (χ0) is 19.1. The Morgan fingerprint density at radius 1 is 0.929 bits per heavy atom. The molecule has 0 bridgehead atoms. The summed E-state index contributed by atoms with van der Waals surface area (Å²) in [5.41, 5.74) is 1.44. The number of benzene rings is 1. The summed E-state index contributed by atoms with van der Waals surface area (Å²) in [5, 5.41) is 5.40. The molecule has 1 unspecified atom stereocenters. The molecule has 0 aliphatic carbocycles. The predicted octanol–water partition coefficient (Wildman–Crippen LogP) is 5.07. The molecule has 5 rings (SSSR count). The Balaban J connectivity index is 1.66. The van der Waals surface area contributed by atoms with Crippen molar-refractivity contribution in [1.29, 1.82) is 0 Å². The maximum atomic E-state index is 16.0. The van der Waals surface area contributed by atoms with Crippen LogP contribution in [-0.4, -0.2) is 20.1 Å². The third kappa shape index (κ3) is 2.62. The van der Waals surface area contributed by atoms with E-state index in [9.17, 15) is 0 Å². The fourth-order valence-corrected chi connectivity index (χ4v) is 3.35. The van der Waals surface area contributed by atoms with Gasteiger partial charge in [-0.05, 0) is 48.9 Å². The van der Waals surface area contributed by atoms with Crippen molar-refractivity contribution < 1.29 is 8.91 Å². The zero-order valence-electron chi connectivity index (χ0n) is 15.0. The summed E-state index contributed by atoms with van der Waals surface area (Å²) in [7, 11) is 0. The summed E-state index contributed by atoms with van der Waals surface area (Å²) < 4.78 is 21.3. The van der Waals surface area contributed by atoms with E-state index < -0.39 is 5.67 Å². The van der Waals surface area contributed by atoms with E-state index in [4.69, 9.17) is 4.52 Å². The van der Waals surface area contributed by atoms with Crippen LogP contribution in [0.25, 0.3) is 33.3 Å². The number of rotatable bonds is 3. The van der Waals surface area contributed by atoms with Gasteiger partial charge in [0, 0.05) is 29.5 Å². The molecule has 5 aromatic rings.